The molecular weight excluding hydrogens is 334 g/mol. The lowest BCUT2D eigenvalue weighted by molar-refractivity contribution is 0.0696. The van der Waals surface area contributed by atoms with Gasteiger partial charge in [0.05, 0.1) is 22.7 Å². The molecule has 1 fully saturated rings. The quantitative estimate of drug-likeness (QED) is 0.732. The zero-order valence-electron chi connectivity index (χ0n) is 13.9. The van der Waals surface area contributed by atoms with Crippen LogP contribution in [0, 0.1) is 0 Å². The summed E-state index contributed by atoms with van der Waals surface area (Å²) in [5.41, 5.74) is 1.20. The van der Waals surface area contributed by atoms with Crippen LogP contribution in [0.5, 0.6) is 5.75 Å². The van der Waals surface area contributed by atoms with Gasteiger partial charge < -0.3 is 9.84 Å². The topological polar surface area (TPSA) is 105 Å². The number of aromatic amines is 1. The number of carboxylic acids is 1. The van der Waals surface area contributed by atoms with Crippen molar-refractivity contribution in [2.45, 2.75) is 31.8 Å². The lowest BCUT2D eigenvalue weighted by atomic mass is 9.96. The van der Waals surface area contributed by atoms with Crippen molar-refractivity contribution in [1.82, 2.24) is 15.2 Å². The largest absolute Gasteiger partial charge is 0.490 e. The Morgan fingerprint density at radius 1 is 1.23 bits per heavy atom. The number of pyridine rings is 1. The molecule has 4 rings (SSSR count). The minimum Gasteiger partial charge on any atom is -0.490 e. The number of rotatable bonds is 5. The van der Waals surface area contributed by atoms with Crippen LogP contribution in [-0.2, 0) is 6.42 Å². The number of carbonyl (C=O) groups is 1. The summed E-state index contributed by atoms with van der Waals surface area (Å²) in [5.74, 6) is -0.317. The van der Waals surface area contributed by atoms with Crippen LogP contribution in [0.25, 0.3) is 10.8 Å². The number of fused-ring (bicyclic) bond motifs is 1. The molecule has 1 aliphatic carbocycles. The Morgan fingerprint density at radius 3 is 2.81 bits per heavy atom. The second-order valence-electron chi connectivity index (χ2n) is 6.44. The van der Waals surface area contributed by atoms with E-state index >= 15 is 0 Å². The van der Waals surface area contributed by atoms with E-state index in [1.807, 2.05) is 6.07 Å². The smallest absolute Gasteiger partial charge is 0.337 e. The Balaban J connectivity index is 1.72. The molecule has 0 amide bonds. The lowest BCUT2D eigenvalue weighted by Crippen LogP contribution is -2.24. The molecule has 1 aromatic carbocycles. The number of ether oxygens (including phenoxy) is 1. The summed E-state index contributed by atoms with van der Waals surface area (Å²) in [7, 11) is 0. The highest BCUT2D eigenvalue weighted by Gasteiger charge is 2.19. The maximum Gasteiger partial charge on any atom is 0.337 e. The number of aromatic carboxylic acids is 1. The first-order valence-corrected chi connectivity index (χ1v) is 8.45. The van der Waals surface area contributed by atoms with Crippen molar-refractivity contribution in [2.24, 2.45) is 0 Å². The molecule has 0 bridgehead atoms. The summed E-state index contributed by atoms with van der Waals surface area (Å²) in [4.78, 5) is 27.2. The molecule has 0 saturated heterocycles. The normalized spacial score (nSPS) is 14.2. The van der Waals surface area contributed by atoms with E-state index in [1.54, 1.807) is 24.4 Å². The van der Waals surface area contributed by atoms with Crippen molar-refractivity contribution in [3.63, 3.8) is 0 Å². The first-order valence-electron chi connectivity index (χ1n) is 8.45. The summed E-state index contributed by atoms with van der Waals surface area (Å²) in [6.07, 6.45) is 6.76. The minimum absolute atomic E-state index is 0.116. The van der Waals surface area contributed by atoms with Gasteiger partial charge in [-0.15, -0.1) is 0 Å². The Bertz CT molecular complexity index is 1040. The van der Waals surface area contributed by atoms with Crippen LogP contribution in [0.15, 0.2) is 41.5 Å². The van der Waals surface area contributed by atoms with Gasteiger partial charge in [0, 0.05) is 24.2 Å². The maximum atomic E-state index is 12.1. The molecule has 3 aromatic rings. The van der Waals surface area contributed by atoms with E-state index in [9.17, 15) is 9.59 Å². The van der Waals surface area contributed by atoms with Gasteiger partial charge in [0.25, 0.3) is 5.56 Å². The van der Waals surface area contributed by atoms with Gasteiger partial charge in [0.1, 0.15) is 5.75 Å². The predicted octanol–water partition coefficient (Wildman–Crippen LogP) is 2.54. The maximum absolute atomic E-state index is 12.1. The van der Waals surface area contributed by atoms with Crippen LogP contribution in [-0.4, -0.2) is 32.4 Å². The van der Waals surface area contributed by atoms with E-state index < -0.39 is 5.97 Å². The van der Waals surface area contributed by atoms with Crippen LogP contribution < -0.4 is 10.3 Å². The summed E-state index contributed by atoms with van der Waals surface area (Å²) in [6, 6.07) is 6.92. The highest BCUT2D eigenvalue weighted by atomic mass is 16.5. The molecule has 1 saturated carbocycles. The Morgan fingerprint density at radius 2 is 2.08 bits per heavy atom. The fourth-order valence-corrected chi connectivity index (χ4v) is 2.98. The fraction of sp³-hybridized carbons (Fsp3) is 0.263. The van der Waals surface area contributed by atoms with Crippen molar-refractivity contribution < 1.29 is 14.6 Å². The summed E-state index contributed by atoms with van der Waals surface area (Å²) >= 11 is 0. The SMILES string of the molecule is O=C(O)c1cncc(Cc2n[nH]c(=O)c3ccc(OC4CCC4)cc23)c1. The fourth-order valence-electron chi connectivity index (χ4n) is 2.98. The van der Waals surface area contributed by atoms with Crippen molar-refractivity contribution in [3.8, 4) is 5.75 Å². The molecule has 7 heteroatoms. The van der Waals surface area contributed by atoms with Crippen molar-refractivity contribution in [1.29, 1.82) is 0 Å². The van der Waals surface area contributed by atoms with Crippen molar-refractivity contribution >= 4 is 16.7 Å². The van der Waals surface area contributed by atoms with E-state index in [2.05, 4.69) is 15.2 Å². The van der Waals surface area contributed by atoms with Crippen LogP contribution >= 0.6 is 0 Å². The molecule has 7 nitrogen and oxygen atoms in total. The van der Waals surface area contributed by atoms with Gasteiger partial charge in [-0.1, -0.05) is 0 Å². The highest BCUT2D eigenvalue weighted by Crippen LogP contribution is 2.28. The summed E-state index contributed by atoms with van der Waals surface area (Å²) < 4.78 is 5.92. The molecule has 2 aromatic heterocycles. The highest BCUT2D eigenvalue weighted by molar-refractivity contribution is 5.87. The molecule has 0 spiro atoms. The number of hydrogen-bond acceptors (Lipinski definition) is 5. The van der Waals surface area contributed by atoms with Crippen molar-refractivity contribution in [2.75, 3.05) is 0 Å². The van der Waals surface area contributed by atoms with E-state index in [4.69, 9.17) is 9.84 Å². The molecule has 0 unspecified atom stereocenters. The van der Waals surface area contributed by atoms with Gasteiger partial charge >= 0.3 is 5.97 Å². The van der Waals surface area contributed by atoms with Crippen molar-refractivity contribution in [3.05, 3.63) is 63.8 Å². The van der Waals surface area contributed by atoms with Crippen LogP contribution in [0.2, 0.25) is 0 Å². The van der Waals surface area contributed by atoms with E-state index in [1.165, 1.54) is 12.6 Å². The van der Waals surface area contributed by atoms with Gasteiger partial charge in [-0.2, -0.15) is 5.10 Å². The zero-order valence-corrected chi connectivity index (χ0v) is 13.9. The van der Waals surface area contributed by atoms with Gasteiger partial charge in [-0.05, 0) is 49.1 Å². The van der Waals surface area contributed by atoms with Gasteiger partial charge in [-0.25, -0.2) is 9.89 Å². The molecule has 0 atom stereocenters. The van der Waals surface area contributed by atoms with Crippen LogP contribution in [0.1, 0.15) is 40.9 Å². The Hall–Kier alpha value is -3.22. The first kappa shape index (κ1) is 16.3. The first-order chi connectivity index (χ1) is 12.6. The summed E-state index contributed by atoms with van der Waals surface area (Å²) in [5, 5.41) is 17.0. The lowest BCUT2D eigenvalue weighted by Gasteiger charge is -2.26. The number of nitrogens with one attached hydrogen (secondary N) is 1. The number of benzene rings is 1. The minimum atomic E-state index is -1.03. The Labute approximate surface area is 148 Å². The summed E-state index contributed by atoms with van der Waals surface area (Å²) in [6.45, 7) is 0. The zero-order chi connectivity index (χ0) is 18.1. The van der Waals surface area contributed by atoms with Gasteiger partial charge in [0.15, 0.2) is 0 Å². The molecule has 0 radical (unpaired) electrons. The molecular formula is C19H17N3O4. The van der Waals surface area contributed by atoms with E-state index in [0.717, 1.165) is 12.8 Å². The second kappa shape index (κ2) is 6.59. The molecule has 132 valence electrons. The number of nitrogens with zero attached hydrogens (tertiary/aromatic N) is 2. The third-order valence-electron chi connectivity index (χ3n) is 4.61. The molecule has 2 N–H and O–H groups in total. The molecule has 2 heterocycles. The van der Waals surface area contributed by atoms with Gasteiger partial charge in [-0.3, -0.25) is 9.78 Å². The number of hydrogen-bond donors (Lipinski definition) is 2. The number of carboxylic acid groups (broad SMARTS) is 1. The average molecular weight is 351 g/mol. The molecule has 26 heavy (non-hydrogen) atoms. The second-order valence-corrected chi connectivity index (χ2v) is 6.44. The number of aromatic nitrogens is 3. The average Bonchev–Trinajstić information content (AvgIpc) is 2.61. The molecule has 0 aliphatic heterocycles. The third-order valence-corrected chi connectivity index (χ3v) is 4.61. The third kappa shape index (κ3) is 3.15. The van der Waals surface area contributed by atoms with Crippen LogP contribution in [0.3, 0.4) is 0 Å². The Kier molecular flexibility index (Phi) is 4.12. The molecule has 1 aliphatic rings. The van der Waals surface area contributed by atoms with E-state index in [-0.39, 0.29) is 17.2 Å². The van der Waals surface area contributed by atoms with Crippen LogP contribution in [0.4, 0.5) is 0 Å². The predicted molar refractivity (Wildman–Crippen MR) is 94.6 cm³/mol. The standard InChI is InChI=1S/C19H17N3O4/c23-18-15-5-4-14(26-13-2-1-3-13)8-16(15)17(21-22-18)7-11-6-12(19(24)25)10-20-9-11/h4-6,8-10,13H,1-3,7H2,(H,22,23)(H,24,25). The monoisotopic (exact) mass is 351 g/mol. The van der Waals surface area contributed by atoms with E-state index in [0.29, 0.717) is 34.2 Å². The number of H-pyrrole nitrogens is 1. The van der Waals surface area contributed by atoms with Gasteiger partial charge in [0.2, 0.25) is 0 Å².